The summed E-state index contributed by atoms with van der Waals surface area (Å²) in [4.78, 5) is 4.59. The highest BCUT2D eigenvalue weighted by atomic mass is 16.5. The molecule has 0 radical (unpaired) electrons. The summed E-state index contributed by atoms with van der Waals surface area (Å²) >= 11 is 0. The minimum absolute atomic E-state index is 0.384. The van der Waals surface area contributed by atoms with Crippen molar-refractivity contribution in [1.29, 1.82) is 0 Å². The first-order valence-electron chi connectivity index (χ1n) is 6.21. The van der Waals surface area contributed by atoms with Crippen LogP contribution in [-0.2, 0) is 0 Å². The molecule has 1 N–H and O–H groups in total. The number of piperidine rings is 1. The molecule has 1 saturated heterocycles. The molecule has 0 aromatic carbocycles. The van der Waals surface area contributed by atoms with Gasteiger partial charge < -0.3 is 9.84 Å². The summed E-state index contributed by atoms with van der Waals surface area (Å²) in [5.74, 6) is 2.79. The number of aromatic nitrogens is 2. The molecule has 0 amide bonds. The van der Waals surface area contributed by atoms with Crippen LogP contribution in [-0.4, -0.2) is 23.2 Å². The molecule has 2 heterocycles. The number of rotatable bonds is 2. The lowest BCUT2D eigenvalue weighted by atomic mass is 9.98. The number of nitrogens with zero attached hydrogens (tertiary/aromatic N) is 2. The van der Waals surface area contributed by atoms with E-state index < -0.39 is 0 Å². The molecule has 0 bridgehead atoms. The van der Waals surface area contributed by atoms with Gasteiger partial charge in [0, 0.05) is 11.8 Å². The van der Waals surface area contributed by atoms with Crippen molar-refractivity contribution in [3.8, 4) is 0 Å². The number of hydrogen-bond acceptors (Lipinski definition) is 4. The predicted molar refractivity (Wildman–Crippen MR) is 60.3 cm³/mol. The zero-order valence-corrected chi connectivity index (χ0v) is 9.99. The van der Waals surface area contributed by atoms with Gasteiger partial charge in [0.2, 0.25) is 5.89 Å². The smallest absolute Gasteiger partial charge is 0.229 e. The van der Waals surface area contributed by atoms with E-state index in [-0.39, 0.29) is 0 Å². The first-order valence-corrected chi connectivity index (χ1v) is 6.21. The molecule has 1 aromatic heterocycles. The van der Waals surface area contributed by atoms with E-state index in [9.17, 15) is 0 Å². The Morgan fingerprint density at radius 3 is 2.62 bits per heavy atom. The van der Waals surface area contributed by atoms with Gasteiger partial charge in [-0.3, -0.25) is 0 Å². The van der Waals surface area contributed by atoms with Crippen molar-refractivity contribution in [3.63, 3.8) is 0 Å². The fourth-order valence-electron chi connectivity index (χ4n) is 2.53. The zero-order valence-electron chi connectivity index (χ0n) is 9.99. The van der Waals surface area contributed by atoms with E-state index in [2.05, 4.69) is 29.3 Å². The fourth-order valence-corrected chi connectivity index (χ4v) is 2.53. The van der Waals surface area contributed by atoms with Gasteiger partial charge >= 0.3 is 0 Å². The maximum atomic E-state index is 5.41. The Hall–Kier alpha value is -0.900. The van der Waals surface area contributed by atoms with Gasteiger partial charge in [-0.2, -0.15) is 4.98 Å². The van der Waals surface area contributed by atoms with Gasteiger partial charge in [0.25, 0.3) is 0 Å². The van der Waals surface area contributed by atoms with Crippen molar-refractivity contribution in [2.75, 3.05) is 13.1 Å². The monoisotopic (exact) mass is 221 g/mol. The molecular weight excluding hydrogens is 202 g/mol. The van der Waals surface area contributed by atoms with Gasteiger partial charge in [-0.05, 0) is 37.8 Å². The van der Waals surface area contributed by atoms with Crippen LogP contribution in [0.4, 0.5) is 0 Å². The van der Waals surface area contributed by atoms with E-state index in [0.717, 1.165) is 37.6 Å². The van der Waals surface area contributed by atoms with Crippen LogP contribution >= 0.6 is 0 Å². The van der Waals surface area contributed by atoms with E-state index in [1.54, 1.807) is 0 Å². The first kappa shape index (κ1) is 10.3. The van der Waals surface area contributed by atoms with Crippen molar-refractivity contribution in [2.45, 2.75) is 44.9 Å². The molecule has 1 aromatic rings. The van der Waals surface area contributed by atoms with E-state index in [0.29, 0.717) is 17.3 Å². The molecular formula is C12H19N3O. The quantitative estimate of drug-likeness (QED) is 0.830. The molecule has 4 heteroatoms. The molecule has 4 nitrogen and oxygen atoms in total. The van der Waals surface area contributed by atoms with E-state index >= 15 is 0 Å². The minimum Gasteiger partial charge on any atom is -0.339 e. The molecule has 1 aliphatic heterocycles. The maximum Gasteiger partial charge on any atom is 0.229 e. The second-order valence-corrected chi connectivity index (χ2v) is 5.76. The Labute approximate surface area is 95.8 Å². The van der Waals surface area contributed by atoms with Crippen molar-refractivity contribution < 1.29 is 4.52 Å². The summed E-state index contributed by atoms with van der Waals surface area (Å²) in [5, 5.41) is 7.49. The summed E-state index contributed by atoms with van der Waals surface area (Å²) in [6.07, 6.45) is 3.43. The van der Waals surface area contributed by atoms with Crippen LogP contribution in [0.25, 0.3) is 0 Å². The lowest BCUT2D eigenvalue weighted by Gasteiger charge is -2.18. The normalized spacial score (nSPS) is 29.2. The van der Waals surface area contributed by atoms with Crippen LogP contribution in [0.15, 0.2) is 4.52 Å². The van der Waals surface area contributed by atoms with Gasteiger partial charge in [0.05, 0.1) is 0 Å². The molecule has 0 spiro atoms. The average Bonchev–Trinajstić information content (AvgIpc) is 2.76. The number of hydrogen-bond donors (Lipinski definition) is 1. The second kappa shape index (κ2) is 3.55. The Balaban J connectivity index is 1.72. The van der Waals surface area contributed by atoms with Crippen molar-refractivity contribution >= 4 is 0 Å². The second-order valence-electron chi connectivity index (χ2n) is 5.76. The van der Waals surface area contributed by atoms with Gasteiger partial charge in [0.15, 0.2) is 5.82 Å². The molecule has 2 aliphatic rings. The van der Waals surface area contributed by atoms with Crippen molar-refractivity contribution in [1.82, 2.24) is 15.5 Å². The van der Waals surface area contributed by atoms with Gasteiger partial charge in [0.1, 0.15) is 0 Å². The average molecular weight is 221 g/mol. The van der Waals surface area contributed by atoms with Crippen LogP contribution < -0.4 is 5.32 Å². The summed E-state index contributed by atoms with van der Waals surface area (Å²) in [7, 11) is 0. The first-order chi connectivity index (χ1) is 7.67. The van der Waals surface area contributed by atoms with Crippen molar-refractivity contribution in [3.05, 3.63) is 11.7 Å². The van der Waals surface area contributed by atoms with Crippen LogP contribution in [0.1, 0.15) is 56.7 Å². The van der Waals surface area contributed by atoms with Gasteiger partial charge in [-0.15, -0.1) is 0 Å². The van der Waals surface area contributed by atoms with Crippen LogP contribution in [0.3, 0.4) is 0 Å². The van der Waals surface area contributed by atoms with E-state index in [1.165, 1.54) is 6.42 Å². The van der Waals surface area contributed by atoms with Crippen LogP contribution in [0, 0.1) is 5.41 Å². The molecule has 3 rings (SSSR count). The fraction of sp³-hybridized carbons (Fsp3) is 0.833. The third-order valence-corrected chi connectivity index (χ3v) is 3.97. The Morgan fingerprint density at radius 2 is 2.00 bits per heavy atom. The van der Waals surface area contributed by atoms with Gasteiger partial charge in [-0.1, -0.05) is 19.0 Å². The van der Waals surface area contributed by atoms with Crippen LogP contribution in [0.2, 0.25) is 0 Å². The summed E-state index contributed by atoms with van der Waals surface area (Å²) < 4.78 is 5.41. The molecule has 88 valence electrons. The molecule has 2 fully saturated rings. The maximum absolute atomic E-state index is 5.41. The minimum atomic E-state index is 0.384. The molecule has 1 unspecified atom stereocenters. The standard InChI is InChI=1S/C12H19N3O/c1-12(2)7-9(12)10-14-11(16-15-10)8-3-5-13-6-4-8/h8-9,13H,3-7H2,1-2H3. The van der Waals surface area contributed by atoms with E-state index in [1.807, 2.05) is 0 Å². The largest absolute Gasteiger partial charge is 0.339 e. The highest BCUT2D eigenvalue weighted by Crippen LogP contribution is 2.57. The molecule has 1 atom stereocenters. The highest BCUT2D eigenvalue weighted by molar-refractivity contribution is 5.15. The Morgan fingerprint density at radius 1 is 1.31 bits per heavy atom. The van der Waals surface area contributed by atoms with Crippen LogP contribution in [0.5, 0.6) is 0 Å². The molecule has 1 aliphatic carbocycles. The third-order valence-electron chi connectivity index (χ3n) is 3.97. The Kier molecular flexibility index (Phi) is 2.28. The number of nitrogens with one attached hydrogen (secondary N) is 1. The van der Waals surface area contributed by atoms with Gasteiger partial charge in [-0.25, -0.2) is 0 Å². The highest BCUT2D eigenvalue weighted by Gasteiger charge is 2.49. The summed E-state index contributed by atoms with van der Waals surface area (Å²) in [6, 6.07) is 0. The molecule has 16 heavy (non-hydrogen) atoms. The summed E-state index contributed by atoms with van der Waals surface area (Å²) in [6.45, 7) is 6.66. The third kappa shape index (κ3) is 1.75. The topological polar surface area (TPSA) is 51.0 Å². The lowest BCUT2D eigenvalue weighted by molar-refractivity contribution is 0.317. The predicted octanol–water partition coefficient (Wildman–Crippen LogP) is 2.05. The SMILES string of the molecule is CC1(C)CC1c1noc(C2CCNCC2)n1. The molecule has 1 saturated carbocycles. The van der Waals surface area contributed by atoms with E-state index in [4.69, 9.17) is 4.52 Å². The summed E-state index contributed by atoms with van der Waals surface area (Å²) in [5.41, 5.74) is 0.384. The zero-order chi connectivity index (χ0) is 11.2. The Bertz CT molecular complexity index is 379. The lowest BCUT2D eigenvalue weighted by Crippen LogP contribution is -2.26. The van der Waals surface area contributed by atoms with Crippen molar-refractivity contribution in [2.24, 2.45) is 5.41 Å².